The molecule has 1 aromatic carbocycles. The van der Waals surface area contributed by atoms with Crippen LogP contribution < -0.4 is 0 Å². The molecule has 1 amide bonds. The molecular formula is C20H28F3N3O3S. The number of rotatable bonds is 4. The molecule has 0 aromatic heterocycles. The highest BCUT2D eigenvalue weighted by atomic mass is 32.2. The van der Waals surface area contributed by atoms with Crippen LogP contribution in [-0.4, -0.2) is 74.7 Å². The Morgan fingerprint density at radius 1 is 1.10 bits per heavy atom. The minimum absolute atomic E-state index is 0.0534. The third-order valence-corrected chi connectivity index (χ3v) is 7.94. The first-order valence-electron chi connectivity index (χ1n) is 10.1. The highest BCUT2D eigenvalue weighted by Gasteiger charge is 2.37. The number of carbonyl (C=O) groups is 1. The standard InChI is InChI=1S/C20H28F3N3O3S/c1-24(2)17-6-4-10-25(14-17)19(27)15-8-11-26(12-9-15)30(28,29)18-7-3-5-16(13-18)20(21,22)23/h3,5,7,13,15,17H,4,6,8-12,14H2,1-2H3. The summed E-state index contributed by atoms with van der Waals surface area (Å²) in [5, 5.41) is 0. The highest BCUT2D eigenvalue weighted by Crippen LogP contribution is 2.32. The summed E-state index contributed by atoms with van der Waals surface area (Å²) >= 11 is 0. The van der Waals surface area contributed by atoms with Gasteiger partial charge in [0.05, 0.1) is 10.5 Å². The van der Waals surface area contributed by atoms with Gasteiger partial charge in [0.25, 0.3) is 0 Å². The van der Waals surface area contributed by atoms with Crippen molar-refractivity contribution in [2.45, 2.75) is 42.8 Å². The molecule has 1 unspecified atom stereocenters. The van der Waals surface area contributed by atoms with Crippen molar-refractivity contribution in [2.75, 3.05) is 40.3 Å². The summed E-state index contributed by atoms with van der Waals surface area (Å²) < 4.78 is 65.6. The van der Waals surface area contributed by atoms with E-state index in [1.807, 2.05) is 19.0 Å². The van der Waals surface area contributed by atoms with Crippen LogP contribution in [0.2, 0.25) is 0 Å². The van der Waals surface area contributed by atoms with Crippen molar-refractivity contribution in [1.82, 2.24) is 14.1 Å². The Morgan fingerprint density at radius 2 is 1.77 bits per heavy atom. The zero-order chi connectivity index (χ0) is 22.1. The van der Waals surface area contributed by atoms with Gasteiger partial charge in [-0.3, -0.25) is 4.79 Å². The number of halogens is 3. The largest absolute Gasteiger partial charge is 0.416 e. The maximum Gasteiger partial charge on any atom is 0.416 e. The first-order valence-corrected chi connectivity index (χ1v) is 11.6. The predicted octanol–water partition coefficient (Wildman–Crippen LogP) is 2.66. The van der Waals surface area contributed by atoms with E-state index < -0.39 is 21.8 Å². The summed E-state index contributed by atoms with van der Waals surface area (Å²) in [7, 11) is -0.0454. The second kappa shape index (κ2) is 8.84. The molecule has 168 valence electrons. The van der Waals surface area contributed by atoms with Crippen LogP contribution in [0.25, 0.3) is 0 Å². The van der Waals surface area contributed by atoms with Gasteiger partial charge in [-0.05, 0) is 58.0 Å². The van der Waals surface area contributed by atoms with Gasteiger partial charge in [-0.1, -0.05) is 6.07 Å². The van der Waals surface area contributed by atoms with Gasteiger partial charge in [-0.15, -0.1) is 0 Å². The van der Waals surface area contributed by atoms with E-state index in [1.165, 1.54) is 10.4 Å². The van der Waals surface area contributed by atoms with Crippen molar-refractivity contribution in [3.05, 3.63) is 29.8 Å². The van der Waals surface area contributed by atoms with E-state index in [4.69, 9.17) is 0 Å². The number of likely N-dealkylation sites (N-methyl/N-ethyl adjacent to an activating group) is 1. The van der Waals surface area contributed by atoms with Crippen LogP contribution in [0.1, 0.15) is 31.2 Å². The Bertz CT molecular complexity index is 866. The van der Waals surface area contributed by atoms with E-state index in [9.17, 15) is 26.4 Å². The number of carbonyl (C=O) groups excluding carboxylic acids is 1. The second-order valence-corrected chi connectivity index (χ2v) is 10.2. The molecule has 0 spiro atoms. The van der Waals surface area contributed by atoms with Gasteiger partial charge in [-0.25, -0.2) is 8.42 Å². The van der Waals surface area contributed by atoms with Crippen LogP contribution in [0, 0.1) is 5.92 Å². The lowest BCUT2D eigenvalue weighted by molar-refractivity contribution is -0.139. The molecule has 3 rings (SSSR count). The second-order valence-electron chi connectivity index (χ2n) is 8.25. The van der Waals surface area contributed by atoms with Gasteiger partial charge in [0.1, 0.15) is 0 Å². The molecule has 6 nitrogen and oxygen atoms in total. The fourth-order valence-corrected chi connectivity index (χ4v) is 5.68. The monoisotopic (exact) mass is 447 g/mol. The topological polar surface area (TPSA) is 60.9 Å². The molecule has 0 bridgehead atoms. The molecule has 0 radical (unpaired) electrons. The molecule has 1 atom stereocenters. The molecule has 10 heteroatoms. The van der Waals surface area contributed by atoms with Crippen molar-refractivity contribution in [3.8, 4) is 0 Å². The maximum atomic E-state index is 12.9. The maximum absolute atomic E-state index is 12.9. The van der Waals surface area contributed by atoms with Crippen LogP contribution >= 0.6 is 0 Å². The smallest absolute Gasteiger partial charge is 0.341 e. The fraction of sp³-hybridized carbons (Fsp3) is 0.650. The van der Waals surface area contributed by atoms with Crippen molar-refractivity contribution in [3.63, 3.8) is 0 Å². The summed E-state index contributed by atoms with van der Waals surface area (Å²) in [4.78, 5) is 16.5. The Labute approximate surface area is 175 Å². The quantitative estimate of drug-likeness (QED) is 0.712. The molecule has 2 saturated heterocycles. The van der Waals surface area contributed by atoms with Crippen molar-refractivity contribution in [2.24, 2.45) is 5.92 Å². The number of nitrogens with zero attached hydrogens (tertiary/aromatic N) is 3. The molecule has 0 N–H and O–H groups in total. The number of benzene rings is 1. The molecular weight excluding hydrogens is 419 g/mol. The third kappa shape index (κ3) is 4.97. The lowest BCUT2D eigenvalue weighted by Gasteiger charge is -2.39. The summed E-state index contributed by atoms with van der Waals surface area (Å²) in [6.45, 7) is 1.64. The Morgan fingerprint density at radius 3 is 2.37 bits per heavy atom. The van der Waals surface area contributed by atoms with Gasteiger partial charge in [0.2, 0.25) is 15.9 Å². The Kier molecular flexibility index (Phi) is 6.78. The van der Waals surface area contributed by atoms with Gasteiger partial charge >= 0.3 is 6.18 Å². The lowest BCUT2D eigenvalue weighted by Crippen LogP contribution is -2.51. The van der Waals surface area contributed by atoms with Gasteiger partial charge < -0.3 is 9.80 Å². The zero-order valence-corrected chi connectivity index (χ0v) is 18.0. The number of piperidine rings is 2. The molecule has 2 fully saturated rings. The number of amides is 1. The molecule has 0 saturated carbocycles. The lowest BCUT2D eigenvalue weighted by atomic mass is 9.94. The van der Waals surface area contributed by atoms with E-state index in [0.29, 0.717) is 38.0 Å². The number of sulfonamides is 1. The first-order chi connectivity index (χ1) is 14.0. The van der Waals surface area contributed by atoms with Crippen molar-refractivity contribution < 1.29 is 26.4 Å². The highest BCUT2D eigenvalue weighted by molar-refractivity contribution is 7.89. The summed E-state index contributed by atoms with van der Waals surface area (Å²) in [5.41, 5.74) is -0.991. The van der Waals surface area contributed by atoms with E-state index in [-0.39, 0.29) is 29.8 Å². The van der Waals surface area contributed by atoms with E-state index in [1.54, 1.807) is 0 Å². The number of likely N-dealkylation sites (tertiary alicyclic amines) is 1. The molecule has 0 aliphatic carbocycles. The van der Waals surface area contributed by atoms with E-state index >= 15 is 0 Å². The minimum atomic E-state index is -4.61. The van der Waals surface area contributed by atoms with Crippen molar-refractivity contribution >= 4 is 15.9 Å². The number of hydrogen-bond donors (Lipinski definition) is 0. The minimum Gasteiger partial charge on any atom is -0.341 e. The number of hydrogen-bond acceptors (Lipinski definition) is 4. The molecule has 30 heavy (non-hydrogen) atoms. The van der Waals surface area contributed by atoms with Gasteiger partial charge in [0, 0.05) is 38.1 Å². The average Bonchev–Trinajstić information content (AvgIpc) is 2.73. The fourth-order valence-electron chi connectivity index (χ4n) is 4.16. The van der Waals surface area contributed by atoms with Crippen LogP contribution in [0.3, 0.4) is 0 Å². The molecule has 2 aliphatic rings. The van der Waals surface area contributed by atoms with Crippen LogP contribution in [-0.2, 0) is 21.0 Å². The van der Waals surface area contributed by atoms with Crippen molar-refractivity contribution in [1.29, 1.82) is 0 Å². The summed E-state index contributed by atoms with van der Waals surface area (Å²) in [6, 6.07) is 4.12. The molecule has 2 heterocycles. The predicted molar refractivity (Wildman–Crippen MR) is 106 cm³/mol. The van der Waals surface area contributed by atoms with Crippen LogP contribution in [0.4, 0.5) is 13.2 Å². The average molecular weight is 448 g/mol. The third-order valence-electron chi connectivity index (χ3n) is 6.04. The van der Waals surface area contributed by atoms with E-state index in [0.717, 1.165) is 25.0 Å². The first kappa shape index (κ1) is 23.0. The van der Waals surface area contributed by atoms with Crippen LogP contribution in [0.15, 0.2) is 29.2 Å². The van der Waals surface area contributed by atoms with Crippen LogP contribution in [0.5, 0.6) is 0 Å². The molecule has 1 aromatic rings. The Hall–Kier alpha value is -1.65. The Balaban J connectivity index is 1.64. The number of alkyl halides is 3. The zero-order valence-electron chi connectivity index (χ0n) is 17.2. The van der Waals surface area contributed by atoms with Gasteiger partial charge in [0.15, 0.2) is 0 Å². The normalized spacial score (nSPS) is 22.5. The SMILES string of the molecule is CN(C)C1CCCN(C(=O)C2CCN(S(=O)(=O)c3cccc(C(F)(F)F)c3)CC2)C1. The summed E-state index contributed by atoms with van der Waals surface area (Å²) in [6.07, 6.45) is -1.87. The molecule has 2 aliphatic heterocycles. The summed E-state index contributed by atoms with van der Waals surface area (Å²) in [5.74, 6) is -0.198. The van der Waals surface area contributed by atoms with Gasteiger partial charge in [-0.2, -0.15) is 17.5 Å². The van der Waals surface area contributed by atoms with E-state index in [2.05, 4.69) is 4.90 Å².